The van der Waals surface area contributed by atoms with Gasteiger partial charge in [-0.1, -0.05) is 78.9 Å². The molecule has 0 fully saturated rings. The van der Waals surface area contributed by atoms with E-state index in [1.54, 1.807) is 0 Å². The Morgan fingerprint density at radius 2 is 0.977 bits per heavy atom. The lowest BCUT2D eigenvalue weighted by Gasteiger charge is -2.15. The van der Waals surface area contributed by atoms with Crippen molar-refractivity contribution in [2.75, 3.05) is 0 Å². The summed E-state index contributed by atoms with van der Waals surface area (Å²) in [6, 6.07) is 45.1. The van der Waals surface area contributed by atoms with Gasteiger partial charge in [0.2, 0.25) is 0 Å². The molecule has 9 rings (SSSR count). The fourth-order valence-corrected chi connectivity index (χ4v) is 6.60. The fourth-order valence-electron chi connectivity index (χ4n) is 6.60. The van der Waals surface area contributed by atoms with Gasteiger partial charge in [-0.15, -0.1) is 0 Å². The number of hydrogen-bond acceptors (Lipinski definition) is 3. The molecule has 0 aliphatic rings. The van der Waals surface area contributed by atoms with Crippen LogP contribution in [0.4, 0.5) is 0 Å². The van der Waals surface area contributed by atoms with Gasteiger partial charge in [-0.25, -0.2) is 0 Å². The van der Waals surface area contributed by atoms with Crippen LogP contribution in [0.25, 0.3) is 82.5 Å². The van der Waals surface area contributed by atoms with Crippen LogP contribution in [0.5, 0.6) is 0 Å². The Labute approximate surface area is 247 Å². The summed E-state index contributed by atoms with van der Waals surface area (Å²) in [6.07, 6.45) is 5.63. The molecule has 4 heterocycles. The van der Waals surface area contributed by atoms with E-state index in [2.05, 4.69) is 114 Å². The van der Waals surface area contributed by atoms with Gasteiger partial charge < -0.3 is 4.57 Å². The largest absolute Gasteiger partial charge is 0.309 e. The standard InChI is InChI=1S/C39H24N4/c1-2-16-34-33(13-1)36-35(18-17-27-12-7-21-42-39(27)36)43(34)30-23-28(31-14-3-8-25-10-5-19-40-37(25)31)22-29(24-30)32-15-4-9-26-11-6-20-41-38(26)32/h1-24H. The third-order valence-corrected chi connectivity index (χ3v) is 8.47. The molecule has 200 valence electrons. The van der Waals surface area contributed by atoms with Crippen molar-refractivity contribution in [2.45, 2.75) is 0 Å². The lowest BCUT2D eigenvalue weighted by atomic mass is 9.95. The molecule has 0 N–H and O–H groups in total. The molecule has 43 heavy (non-hydrogen) atoms. The van der Waals surface area contributed by atoms with Gasteiger partial charge in [-0.2, -0.15) is 0 Å². The first-order valence-electron chi connectivity index (χ1n) is 14.4. The Kier molecular flexibility index (Phi) is 5.16. The second-order valence-electron chi connectivity index (χ2n) is 10.9. The summed E-state index contributed by atoms with van der Waals surface area (Å²) in [5.41, 5.74) is 10.8. The molecule has 0 saturated carbocycles. The van der Waals surface area contributed by atoms with Crippen molar-refractivity contribution in [1.29, 1.82) is 0 Å². The van der Waals surface area contributed by atoms with Gasteiger partial charge in [0.25, 0.3) is 0 Å². The molecular weight excluding hydrogens is 524 g/mol. The van der Waals surface area contributed by atoms with E-state index >= 15 is 0 Å². The number of aromatic nitrogens is 4. The van der Waals surface area contributed by atoms with Crippen molar-refractivity contribution >= 4 is 54.5 Å². The lowest BCUT2D eigenvalue weighted by molar-refractivity contribution is 1.18. The second-order valence-corrected chi connectivity index (χ2v) is 10.9. The van der Waals surface area contributed by atoms with Gasteiger partial charge in [0, 0.05) is 62.3 Å². The van der Waals surface area contributed by atoms with Crippen molar-refractivity contribution in [3.63, 3.8) is 0 Å². The molecule has 0 spiro atoms. The van der Waals surface area contributed by atoms with Crippen LogP contribution in [0.3, 0.4) is 0 Å². The van der Waals surface area contributed by atoms with E-state index in [1.807, 2.05) is 36.8 Å². The summed E-state index contributed by atoms with van der Waals surface area (Å²) >= 11 is 0. The van der Waals surface area contributed by atoms with E-state index in [1.165, 1.54) is 10.8 Å². The van der Waals surface area contributed by atoms with Crippen molar-refractivity contribution in [3.05, 3.63) is 146 Å². The van der Waals surface area contributed by atoms with Gasteiger partial charge in [0.05, 0.1) is 27.6 Å². The number of hydrogen-bond donors (Lipinski definition) is 0. The highest BCUT2D eigenvalue weighted by atomic mass is 15.0. The molecule has 0 amide bonds. The van der Waals surface area contributed by atoms with Crippen LogP contribution in [-0.2, 0) is 0 Å². The predicted octanol–water partition coefficient (Wildman–Crippen LogP) is 9.76. The molecule has 4 heteroatoms. The number of pyridine rings is 3. The maximum atomic E-state index is 4.84. The predicted molar refractivity (Wildman–Crippen MR) is 178 cm³/mol. The summed E-state index contributed by atoms with van der Waals surface area (Å²) < 4.78 is 2.38. The Morgan fingerprint density at radius 3 is 1.63 bits per heavy atom. The van der Waals surface area contributed by atoms with Crippen LogP contribution >= 0.6 is 0 Å². The highest BCUT2D eigenvalue weighted by Gasteiger charge is 2.18. The van der Waals surface area contributed by atoms with Gasteiger partial charge >= 0.3 is 0 Å². The number of rotatable bonds is 3. The van der Waals surface area contributed by atoms with Crippen LogP contribution in [-0.4, -0.2) is 19.5 Å². The molecule has 0 aliphatic heterocycles. The van der Waals surface area contributed by atoms with E-state index in [4.69, 9.17) is 15.0 Å². The maximum Gasteiger partial charge on any atom is 0.0802 e. The zero-order valence-electron chi connectivity index (χ0n) is 23.1. The summed E-state index contributed by atoms with van der Waals surface area (Å²) in [5, 5.41) is 5.73. The van der Waals surface area contributed by atoms with E-state index in [9.17, 15) is 0 Å². The number of nitrogens with zero attached hydrogens (tertiary/aromatic N) is 4. The lowest BCUT2D eigenvalue weighted by Crippen LogP contribution is -1.97. The Balaban J connectivity index is 1.42. The van der Waals surface area contributed by atoms with Crippen LogP contribution in [0, 0.1) is 0 Å². The number of benzene rings is 5. The van der Waals surface area contributed by atoms with Gasteiger partial charge in [-0.05, 0) is 59.7 Å². The van der Waals surface area contributed by atoms with E-state index < -0.39 is 0 Å². The number of para-hydroxylation sites is 3. The molecule has 0 unspecified atom stereocenters. The average Bonchev–Trinajstić information content (AvgIpc) is 3.42. The number of fused-ring (bicyclic) bond motifs is 7. The third-order valence-electron chi connectivity index (χ3n) is 8.47. The monoisotopic (exact) mass is 548 g/mol. The summed E-state index contributed by atoms with van der Waals surface area (Å²) in [5.74, 6) is 0. The quantitative estimate of drug-likeness (QED) is 0.221. The van der Waals surface area contributed by atoms with Crippen LogP contribution < -0.4 is 0 Å². The first-order chi connectivity index (χ1) is 21.3. The molecule has 0 aliphatic carbocycles. The Morgan fingerprint density at radius 1 is 0.419 bits per heavy atom. The molecule has 4 aromatic heterocycles. The van der Waals surface area contributed by atoms with Gasteiger partial charge in [0.1, 0.15) is 0 Å². The van der Waals surface area contributed by atoms with E-state index in [0.717, 1.165) is 71.7 Å². The zero-order chi connectivity index (χ0) is 28.3. The first-order valence-corrected chi connectivity index (χ1v) is 14.4. The molecule has 5 aromatic carbocycles. The molecule has 4 nitrogen and oxygen atoms in total. The molecule has 0 saturated heterocycles. The first kappa shape index (κ1) is 23.8. The highest BCUT2D eigenvalue weighted by molar-refractivity contribution is 6.20. The molecule has 0 atom stereocenters. The van der Waals surface area contributed by atoms with Crippen molar-refractivity contribution in [1.82, 2.24) is 19.5 Å². The normalized spacial score (nSPS) is 11.7. The minimum absolute atomic E-state index is 0.988. The Hall–Kier alpha value is -5.87. The fraction of sp³-hybridized carbons (Fsp3) is 0. The topological polar surface area (TPSA) is 43.6 Å². The summed E-state index contributed by atoms with van der Waals surface area (Å²) in [4.78, 5) is 14.5. The third kappa shape index (κ3) is 3.67. The van der Waals surface area contributed by atoms with E-state index in [0.29, 0.717) is 0 Å². The molecule has 9 aromatic rings. The average molecular weight is 549 g/mol. The van der Waals surface area contributed by atoms with Crippen LogP contribution in [0.2, 0.25) is 0 Å². The smallest absolute Gasteiger partial charge is 0.0802 e. The minimum atomic E-state index is 0.988. The maximum absolute atomic E-state index is 4.84. The highest BCUT2D eigenvalue weighted by Crippen LogP contribution is 2.40. The summed E-state index contributed by atoms with van der Waals surface area (Å²) in [6.45, 7) is 0. The summed E-state index contributed by atoms with van der Waals surface area (Å²) in [7, 11) is 0. The van der Waals surface area contributed by atoms with Crippen molar-refractivity contribution in [2.24, 2.45) is 0 Å². The molecule has 0 bridgehead atoms. The van der Waals surface area contributed by atoms with Crippen molar-refractivity contribution < 1.29 is 0 Å². The van der Waals surface area contributed by atoms with Crippen LogP contribution in [0.1, 0.15) is 0 Å². The SMILES string of the molecule is c1cnc2c(-c3cc(-c4cccc5cccnc45)cc(-n4c5ccccc5c5c6ncccc6ccc54)c3)cccc2c1. The zero-order valence-corrected chi connectivity index (χ0v) is 23.1. The second kappa shape index (κ2) is 9.33. The van der Waals surface area contributed by atoms with Crippen LogP contribution in [0.15, 0.2) is 146 Å². The molecular formula is C39H24N4. The van der Waals surface area contributed by atoms with Crippen molar-refractivity contribution in [3.8, 4) is 27.9 Å². The van der Waals surface area contributed by atoms with Gasteiger partial charge in [0.15, 0.2) is 0 Å². The molecule has 0 radical (unpaired) electrons. The van der Waals surface area contributed by atoms with E-state index in [-0.39, 0.29) is 0 Å². The van der Waals surface area contributed by atoms with Gasteiger partial charge in [-0.3, -0.25) is 15.0 Å². The Bertz CT molecular complexity index is 2420. The minimum Gasteiger partial charge on any atom is -0.309 e.